The lowest BCUT2D eigenvalue weighted by Crippen LogP contribution is -2.48. The van der Waals surface area contributed by atoms with Crippen LogP contribution in [0.4, 0.5) is 0 Å². The van der Waals surface area contributed by atoms with E-state index in [-0.39, 0.29) is 6.04 Å². The van der Waals surface area contributed by atoms with Crippen molar-refractivity contribution >= 4 is 27.3 Å². The molecule has 2 saturated heterocycles. The van der Waals surface area contributed by atoms with Crippen LogP contribution in [0.2, 0.25) is 0 Å². The summed E-state index contributed by atoms with van der Waals surface area (Å²) in [6.45, 7) is 4.16. The lowest BCUT2D eigenvalue weighted by Gasteiger charge is -2.39. The molecule has 0 aromatic carbocycles. The number of ether oxygens (including phenoxy) is 1. The van der Waals surface area contributed by atoms with Crippen molar-refractivity contribution in [3.63, 3.8) is 0 Å². The Morgan fingerprint density at radius 2 is 2.06 bits per heavy atom. The van der Waals surface area contributed by atoms with Crippen molar-refractivity contribution in [2.45, 2.75) is 44.1 Å². The zero-order valence-corrected chi connectivity index (χ0v) is 12.9. The molecule has 2 aliphatic heterocycles. The van der Waals surface area contributed by atoms with Gasteiger partial charge in [0.05, 0.1) is 22.0 Å². The molecule has 2 bridgehead atoms. The largest absolute Gasteiger partial charge is 0.372 e. The molecule has 0 spiro atoms. The molecular formula is C13H19BrN2OS. The summed E-state index contributed by atoms with van der Waals surface area (Å²) in [6, 6.07) is 4.78. The molecule has 2 fully saturated rings. The lowest BCUT2D eigenvalue weighted by atomic mass is 10.1. The van der Waals surface area contributed by atoms with Gasteiger partial charge < -0.3 is 10.5 Å². The maximum Gasteiger partial charge on any atom is 0.0707 e. The zero-order valence-electron chi connectivity index (χ0n) is 10.5. The summed E-state index contributed by atoms with van der Waals surface area (Å²) in [5.41, 5.74) is 6.23. The molecule has 100 valence electrons. The molecule has 2 aliphatic rings. The summed E-state index contributed by atoms with van der Waals surface area (Å²) in [6.07, 6.45) is 3.27. The van der Waals surface area contributed by atoms with Crippen molar-refractivity contribution in [2.24, 2.45) is 5.73 Å². The first-order chi connectivity index (χ1) is 8.63. The lowest BCUT2D eigenvalue weighted by molar-refractivity contribution is -0.0554. The molecule has 0 aliphatic carbocycles. The molecule has 4 unspecified atom stereocenters. The second-order valence-corrected chi connectivity index (χ2v) is 7.85. The van der Waals surface area contributed by atoms with Crippen LogP contribution in [0.3, 0.4) is 0 Å². The average Bonchev–Trinajstić information content (AvgIpc) is 2.86. The Bertz CT molecular complexity index is 411. The SMILES string of the molecule is CC(N)C(c1ccc(Br)s1)N1CC2CCC(C1)O2. The third-order valence-corrected chi connectivity index (χ3v) is 5.54. The van der Waals surface area contributed by atoms with E-state index in [1.54, 1.807) is 11.3 Å². The van der Waals surface area contributed by atoms with Crippen molar-refractivity contribution in [1.82, 2.24) is 4.90 Å². The minimum absolute atomic E-state index is 0.146. The summed E-state index contributed by atoms with van der Waals surface area (Å²) in [4.78, 5) is 3.88. The Balaban J connectivity index is 1.82. The minimum atomic E-state index is 0.146. The Morgan fingerprint density at radius 3 is 2.56 bits per heavy atom. The Hall–Kier alpha value is 0.0600. The van der Waals surface area contributed by atoms with Crippen LogP contribution in [-0.4, -0.2) is 36.2 Å². The normalized spacial score (nSPS) is 31.5. The summed E-state index contributed by atoms with van der Waals surface area (Å²) < 4.78 is 7.09. The standard InChI is InChI=1S/C13H19BrN2OS/c1-8(15)13(11-4-5-12(14)18-11)16-6-9-2-3-10(7-16)17-9/h4-5,8-10,13H,2-3,6-7,15H2,1H3. The fourth-order valence-electron chi connectivity index (χ4n) is 3.13. The van der Waals surface area contributed by atoms with Crippen LogP contribution in [0.25, 0.3) is 0 Å². The molecule has 3 rings (SSSR count). The van der Waals surface area contributed by atoms with E-state index in [0.717, 1.165) is 13.1 Å². The first kappa shape index (κ1) is 13.1. The number of halogens is 1. The number of likely N-dealkylation sites (tertiary alicyclic amines) is 1. The first-order valence-corrected chi connectivity index (χ1v) is 8.15. The third-order valence-electron chi connectivity index (χ3n) is 3.85. The number of fused-ring (bicyclic) bond motifs is 2. The molecule has 3 nitrogen and oxygen atoms in total. The predicted octanol–water partition coefficient (Wildman–Crippen LogP) is 2.76. The molecule has 0 saturated carbocycles. The van der Waals surface area contributed by atoms with E-state index in [0.29, 0.717) is 18.2 Å². The fourth-order valence-corrected chi connectivity index (χ4v) is 4.81. The van der Waals surface area contributed by atoms with E-state index in [1.165, 1.54) is 21.5 Å². The Morgan fingerprint density at radius 1 is 1.39 bits per heavy atom. The number of thiophene rings is 1. The minimum Gasteiger partial charge on any atom is -0.372 e. The molecule has 3 heterocycles. The highest BCUT2D eigenvalue weighted by Crippen LogP contribution is 2.36. The molecule has 5 heteroatoms. The quantitative estimate of drug-likeness (QED) is 0.926. The molecule has 4 atom stereocenters. The van der Waals surface area contributed by atoms with E-state index in [9.17, 15) is 0 Å². The van der Waals surface area contributed by atoms with Crippen LogP contribution in [0.15, 0.2) is 15.9 Å². The van der Waals surface area contributed by atoms with E-state index in [4.69, 9.17) is 10.5 Å². The van der Waals surface area contributed by atoms with Crippen LogP contribution >= 0.6 is 27.3 Å². The zero-order chi connectivity index (χ0) is 12.7. The second kappa shape index (κ2) is 5.21. The van der Waals surface area contributed by atoms with Gasteiger partial charge in [0.25, 0.3) is 0 Å². The van der Waals surface area contributed by atoms with Gasteiger partial charge in [-0.25, -0.2) is 0 Å². The summed E-state index contributed by atoms with van der Waals surface area (Å²) >= 11 is 5.34. The number of nitrogens with two attached hydrogens (primary N) is 1. The molecule has 2 N–H and O–H groups in total. The second-order valence-electron chi connectivity index (χ2n) is 5.36. The highest BCUT2D eigenvalue weighted by Gasteiger charge is 2.38. The van der Waals surface area contributed by atoms with Gasteiger partial charge in [0.1, 0.15) is 0 Å². The summed E-state index contributed by atoms with van der Waals surface area (Å²) in [5, 5.41) is 0. The summed E-state index contributed by atoms with van der Waals surface area (Å²) in [5.74, 6) is 0. The topological polar surface area (TPSA) is 38.5 Å². The molecule has 1 aromatic heterocycles. The predicted molar refractivity (Wildman–Crippen MR) is 77.9 cm³/mol. The van der Waals surface area contributed by atoms with Crippen molar-refractivity contribution in [3.8, 4) is 0 Å². The van der Waals surface area contributed by atoms with Crippen LogP contribution in [0, 0.1) is 0 Å². The van der Waals surface area contributed by atoms with Crippen LogP contribution in [0.1, 0.15) is 30.7 Å². The van der Waals surface area contributed by atoms with Gasteiger partial charge in [-0.15, -0.1) is 11.3 Å². The number of morpholine rings is 1. The summed E-state index contributed by atoms with van der Waals surface area (Å²) in [7, 11) is 0. The van der Waals surface area contributed by atoms with E-state index in [1.807, 2.05) is 0 Å². The van der Waals surface area contributed by atoms with Gasteiger partial charge in [0.2, 0.25) is 0 Å². The average molecular weight is 331 g/mol. The maximum atomic E-state index is 6.23. The fraction of sp³-hybridized carbons (Fsp3) is 0.692. The van der Waals surface area contributed by atoms with Crippen molar-refractivity contribution in [1.29, 1.82) is 0 Å². The van der Waals surface area contributed by atoms with Gasteiger partial charge in [0, 0.05) is 24.0 Å². The maximum absolute atomic E-state index is 6.23. The van der Waals surface area contributed by atoms with Gasteiger partial charge in [0.15, 0.2) is 0 Å². The van der Waals surface area contributed by atoms with Gasteiger partial charge in [-0.05, 0) is 47.8 Å². The van der Waals surface area contributed by atoms with Crippen LogP contribution in [0.5, 0.6) is 0 Å². The Labute approximate surface area is 120 Å². The molecular weight excluding hydrogens is 312 g/mol. The molecule has 18 heavy (non-hydrogen) atoms. The molecule has 1 aromatic rings. The number of nitrogens with zero attached hydrogens (tertiary/aromatic N) is 1. The van der Waals surface area contributed by atoms with Gasteiger partial charge in [-0.3, -0.25) is 4.90 Å². The van der Waals surface area contributed by atoms with Crippen molar-refractivity contribution in [3.05, 3.63) is 20.8 Å². The number of rotatable bonds is 3. The van der Waals surface area contributed by atoms with E-state index < -0.39 is 0 Å². The third kappa shape index (κ3) is 2.51. The van der Waals surface area contributed by atoms with E-state index in [2.05, 4.69) is 39.9 Å². The monoisotopic (exact) mass is 330 g/mol. The highest BCUT2D eigenvalue weighted by molar-refractivity contribution is 9.11. The van der Waals surface area contributed by atoms with Crippen LogP contribution < -0.4 is 5.73 Å². The van der Waals surface area contributed by atoms with Crippen molar-refractivity contribution in [2.75, 3.05) is 13.1 Å². The number of hydrogen-bond donors (Lipinski definition) is 1. The van der Waals surface area contributed by atoms with E-state index >= 15 is 0 Å². The van der Waals surface area contributed by atoms with Crippen molar-refractivity contribution < 1.29 is 4.74 Å². The highest BCUT2D eigenvalue weighted by atomic mass is 79.9. The van der Waals surface area contributed by atoms with Crippen LogP contribution in [-0.2, 0) is 4.74 Å². The number of hydrogen-bond acceptors (Lipinski definition) is 4. The van der Waals surface area contributed by atoms with Gasteiger partial charge >= 0.3 is 0 Å². The van der Waals surface area contributed by atoms with Gasteiger partial charge in [-0.2, -0.15) is 0 Å². The molecule has 0 amide bonds. The smallest absolute Gasteiger partial charge is 0.0707 e. The first-order valence-electron chi connectivity index (χ1n) is 6.54. The molecule has 0 radical (unpaired) electrons. The Kier molecular flexibility index (Phi) is 3.78. The van der Waals surface area contributed by atoms with Gasteiger partial charge in [-0.1, -0.05) is 0 Å².